The van der Waals surface area contributed by atoms with Crippen molar-refractivity contribution in [3.63, 3.8) is 0 Å². The lowest BCUT2D eigenvalue weighted by Crippen LogP contribution is -3.13. The van der Waals surface area contributed by atoms with E-state index < -0.39 is 0 Å². The lowest BCUT2D eigenvalue weighted by atomic mass is 9.93. The number of hydrogen-bond acceptors (Lipinski definition) is 2. The van der Waals surface area contributed by atoms with E-state index in [-0.39, 0.29) is 13.2 Å². The van der Waals surface area contributed by atoms with Crippen LogP contribution in [0.5, 0.6) is 0 Å². The van der Waals surface area contributed by atoms with Crippen molar-refractivity contribution in [2.24, 2.45) is 17.8 Å². The van der Waals surface area contributed by atoms with Crippen molar-refractivity contribution in [3.8, 4) is 0 Å². The molecule has 2 bridgehead atoms. The van der Waals surface area contributed by atoms with Gasteiger partial charge in [-0.25, -0.2) is 0 Å². The van der Waals surface area contributed by atoms with Gasteiger partial charge < -0.3 is 15.1 Å². The summed E-state index contributed by atoms with van der Waals surface area (Å²) in [7, 11) is 0. The monoisotopic (exact) mass is 212 g/mol. The maximum Gasteiger partial charge on any atom is 0.101 e. The summed E-state index contributed by atoms with van der Waals surface area (Å²) in [6, 6.07) is 0. The van der Waals surface area contributed by atoms with E-state index >= 15 is 0 Å². The van der Waals surface area contributed by atoms with Crippen molar-refractivity contribution in [2.45, 2.75) is 12.8 Å². The maximum absolute atomic E-state index is 8.95. The predicted octanol–water partition coefficient (Wildman–Crippen LogP) is -0.932. The summed E-state index contributed by atoms with van der Waals surface area (Å²) in [4.78, 5) is 1.35. The minimum absolute atomic E-state index is 0.228. The SMILES string of the molecule is OCC[NH+](CCO)C[C@H]1C[C@H]2C=C[C@@H]1C2. The predicted molar refractivity (Wildman–Crippen MR) is 58.6 cm³/mol. The molecule has 0 heterocycles. The Hall–Kier alpha value is -0.380. The Kier molecular flexibility index (Phi) is 3.78. The van der Waals surface area contributed by atoms with Crippen molar-refractivity contribution < 1.29 is 15.1 Å². The molecule has 86 valence electrons. The van der Waals surface area contributed by atoms with Gasteiger partial charge in [-0.15, -0.1) is 0 Å². The molecular weight excluding hydrogens is 190 g/mol. The van der Waals surface area contributed by atoms with Crippen LogP contribution in [0, 0.1) is 17.8 Å². The molecule has 1 saturated carbocycles. The average Bonchev–Trinajstić information content (AvgIpc) is 2.80. The smallest absolute Gasteiger partial charge is 0.101 e. The summed E-state index contributed by atoms with van der Waals surface area (Å²) in [5.41, 5.74) is 0. The molecule has 0 spiro atoms. The third-order valence-electron chi connectivity index (χ3n) is 3.90. The Morgan fingerprint density at radius 1 is 1.07 bits per heavy atom. The Labute approximate surface area is 91.4 Å². The minimum Gasteiger partial charge on any atom is -0.391 e. The van der Waals surface area contributed by atoms with Crippen LogP contribution in [0.15, 0.2) is 12.2 Å². The van der Waals surface area contributed by atoms with Crippen LogP contribution in [-0.4, -0.2) is 43.1 Å². The van der Waals surface area contributed by atoms with Gasteiger partial charge in [-0.2, -0.15) is 0 Å². The highest BCUT2D eigenvalue weighted by Gasteiger charge is 2.37. The summed E-state index contributed by atoms with van der Waals surface area (Å²) in [5, 5.41) is 17.9. The van der Waals surface area contributed by atoms with Gasteiger partial charge in [0.15, 0.2) is 0 Å². The highest BCUT2D eigenvalue weighted by atomic mass is 16.3. The molecule has 0 aromatic rings. The molecule has 0 saturated heterocycles. The van der Waals surface area contributed by atoms with Crippen LogP contribution in [0.1, 0.15) is 12.8 Å². The number of allylic oxidation sites excluding steroid dienone is 2. The highest BCUT2D eigenvalue weighted by Crippen LogP contribution is 2.42. The molecule has 0 unspecified atom stereocenters. The fourth-order valence-electron chi connectivity index (χ4n) is 3.15. The molecule has 2 aliphatic rings. The van der Waals surface area contributed by atoms with Crippen molar-refractivity contribution in [2.75, 3.05) is 32.8 Å². The molecule has 0 aliphatic heterocycles. The fourth-order valence-corrected chi connectivity index (χ4v) is 3.15. The second-order valence-corrected chi connectivity index (χ2v) is 4.94. The second-order valence-electron chi connectivity index (χ2n) is 4.94. The lowest BCUT2D eigenvalue weighted by Gasteiger charge is -2.24. The molecule has 2 aliphatic carbocycles. The largest absolute Gasteiger partial charge is 0.391 e. The zero-order valence-corrected chi connectivity index (χ0v) is 9.23. The van der Waals surface area contributed by atoms with Crippen LogP contribution in [0.2, 0.25) is 0 Å². The normalized spacial score (nSPS) is 33.1. The molecule has 0 aromatic carbocycles. The molecule has 2 rings (SSSR count). The molecule has 3 heteroatoms. The Balaban J connectivity index is 1.81. The molecule has 3 atom stereocenters. The van der Waals surface area contributed by atoms with E-state index in [1.54, 1.807) is 0 Å². The number of quaternary nitrogens is 1. The number of aliphatic hydroxyl groups excluding tert-OH is 2. The number of rotatable bonds is 6. The third kappa shape index (κ3) is 2.60. The molecular formula is C12H22NO2+. The first kappa shape index (κ1) is 11.1. The molecule has 1 fully saturated rings. The first-order valence-corrected chi connectivity index (χ1v) is 6.07. The number of hydrogen-bond donors (Lipinski definition) is 3. The van der Waals surface area contributed by atoms with E-state index in [4.69, 9.17) is 10.2 Å². The van der Waals surface area contributed by atoms with E-state index in [0.717, 1.165) is 37.4 Å². The van der Waals surface area contributed by atoms with Crippen molar-refractivity contribution in [1.82, 2.24) is 0 Å². The summed E-state index contributed by atoms with van der Waals surface area (Å²) in [6.07, 6.45) is 7.39. The molecule has 3 N–H and O–H groups in total. The van der Waals surface area contributed by atoms with Gasteiger partial charge in [0.25, 0.3) is 0 Å². The van der Waals surface area contributed by atoms with Crippen molar-refractivity contribution in [3.05, 3.63) is 12.2 Å². The average molecular weight is 212 g/mol. The summed E-state index contributed by atoms with van der Waals surface area (Å²) >= 11 is 0. The molecule has 0 aromatic heterocycles. The Bertz CT molecular complexity index is 224. The molecule has 15 heavy (non-hydrogen) atoms. The van der Waals surface area contributed by atoms with Crippen molar-refractivity contribution in [1.29, 1.82) is 0 Å². The molecule has 0 radical (unpaired) electrons. The van der Waals surface area contributed by atoms with E-state index in [9.17, 15) is 0 Å². The van der Waals surface area contributed by atoms with E-state index in [2.05, 4.69) is 12.2 Å². The van der Waals surface area contributed by atoms with Crippen LogP contribution in [0.25, 0.3) is 0 Å². The van der Waals surface area contributed by atoms with E-state index in [0.29, 0.717) is 0 Å². The Morgan fingerprint density at radius 2 is 1.80 bits per heavy atom. The van der Waals surface area contributed by atoms with Crippen LogP contribution in [0.3, 0.4) is 0 Å². The number of aliphatic hydroxyl groups is 2. The lowest BCUT2D eigenvalue weighted by molar-refractivity contribution is -0.904. The van der Waals surface area contributed by atoms with Crippen LogP contribution in [-0.2, 0) is 0 Å². The van der Waals surface area contributed by atoms with E-state index in [1.807, 2.05) is 0 Å². The van der Waals surface area contributed by atoms with Crippen LogP contribution >= 0.6 is 0 Å². The number of fused-ring (bicyclic) bond motifs is 2. The van der Waals surface area contributed by atoms with Gasteiger partial charge in [-0.05, 0) is 24.7 Å². The van der Waals surface area contributed by atoms with Gasteiger partial charge in [0.1, 0.15) is 13.1 Å². The van der Waals surface area contributed by atoms with E-state index in [1.165, 1.54) is 17.7 Å². The first-order chi connectivity index (χ1) is 7.33. The standard InChI is InChI=1S/C12H21NO2/c14-5-3-13(4-6-15)9-12-8-10-1-2-11(12)7-10/h1-2,10-12,14-15H,3-9H2/p+1/t10-,11+,12+/m0/s1. The fraction of sp³-hybridized carbons (Fsp3) is 0.833. The number of nitrogens with one attached hydrogen (secondary N) is 1. The molecule has 0 amide bonds. The zero-order valence-electron chi connectivity index (χ0n) is 9.23. The van der Waals surface area contributed by atoms with Gasteiger partial charge in [0, 0.05) is 5.92 Å². The van der Waals surface area contributed by atoms with Gasteiger partial charge in [0.05, 0.1) is 19.8 Å². The quantitative estimate of drug-likeness (QED) is 0.498. The van der Waals surface area contributed by atoms with Gasteiger partial charge in [0.2, 0.25) is 0 Å². The summed E-state index contributed by atoms with van der Waals surface area (Å²) in [5.74, 6) is 2.39. The highest BCUT2D eigenvalue weighted by molar-refractivity contribution is 5.09. The van der Waals surface area contributed by atoms with Crippen molar-refractivity contribution >= 4 is 0 Å². The summed E-state index contributed by atoms with van der Waals surface area (Å²) in [6.45, 7) is 3.13. The maximum atomic E-state index is 8.95. The van der Waals surface area contributed by atoms with Gasteiger partial charge in [-0.3, -0.25) is 0 Å². The third-order valence-corrected chi connectivity index (χ3v) is 3.90. The van der Waals surface area contributed by atoms with Crippen LogP contribution < -0.4 is 4.90 Å². The minimum atomic E-state index is 0.228. The van der Waals surface area contributed by atoms with Gasteiger partial charge in [-0.1, -0.05) is 12.2 Å². The Morgan fingerprint density at radius 3 is 2.27 bits per heavy atom. The van der Waals surface area contributed by atoms with Crippen LogP contribution in [0.4, 0.5) is 0 Å². The van der Waals surface area contributed by atoms with Gasteiger partial charge >= 0.3 is 0 Å². The topological polar surface area (TPSA) is 44.9 Å². The molecule has 3 nitrogen and oxygen atoms in total. The second kappa shape index (κ2) is 5.10. The zero-order chi connectivity index (χ0) is 10.7. The summed E-state index contributed by atoms with van der Waals surface area (Å²) < 4.78 is 0. The first-order valence-electron chi connectivity index (χ1n) is 6.07.